The Morgan fingerprint density at radius 2 is 2.25 bits per heavy atom. The number of nitrogens with one attached hydrogen (secondary N) is 3. The molecule has 0 aromatic carbocycles. The highest BCUT2D eigenvalue weighted by molar-refractivity contribution is 7.99. The van der Waals surface area contributed by atoms with Gasteiger partial charge >= 0.3 is 0 Å². The van der Waals surface area contributed by atoms with E-state index in [1.54, 1.807) is 6.20 Å². The minimum absolute atomic E-state index is 0.0136. The Morgan fingerprint density at radius 3 is 3.00 bits per heavy atom. The van der Waals surface area contributed by atoms with Crippen LogP contribution in [0.4, 0.5) is 0 Å². The molecule has 2 heterocycles. The van der Waals surface area contributed by atoms with Crippen molar-refractivity contribution in [3.05, 3.63) is 6.20 Å². The van der Waals surface area contributed by atoms with Crippen molar-refractivity contribution in [2.45, 2.75) is 49.2 Å². The minimum atomic E-state index is -0.329. The first-order valence-electron chi connectivity index (χ1n) is 8.53. The number of carbonyl (C=O) groups is 2. The van der Waals surface area contributed by atoms with E-state index in [2.05, 4.69) is 30.9 Å². The van der Waals surface area contributed by atoms with Crippen LogP contribution in [-0.2, 0) is 9.59 Å². The Kier molecular flexibility index (Phi) is 6.08. The molecule has 1 aliphatic carbocycles. The highest BCUT2D eigenvalue weighted by Gasteiger charge is 2.36. The Labute approximate surface area is 145 Å². The zero-order chi connectivity index (χ0) is 16.8. The lowest BCUT2D eigenvalue weighted by Gasteiger charge is -2.38. The fourth-order valence-corrected chi connectivity index (χ4v) is 4.12. The van der Waals surface area contributed by atoms with E-state index in [1.165, 1.54) is 24.6 Å². The topological polar surface area (TPSA) is 103 Å². The average molecular weight is 352 g/mol. The van der Waals surface area contributed by atoms with Crippen LogP contribution in [0.1, 0.15) is 32.1 Å². The molecule has 8 nitrogen and oxygen atoms in total. The first kappa shape index (κ1) is 17.2. The van der Waals surface area contributed by atoms with Crippen molar-refractivity contribution in [3.8, 4) is 0 Å². The summed E-state index contributed by atoms with van der Waals surface area (Å²) in [7, 11) is 0. The summed E-state index contributed by atoms with van der Waals surface area (Å²) in [6, 6.07) is 0.126. The molecule has 1 saturated carbocycles. The van der Waals surface area contributed by atoms with Crippen molar-refractivity contribution >= 4 is 23.6 Å². The monoisotopic (exact) mass is 352 g/mol. The van der Waals surface area contributed by atoms with Gasteiger partial charge in [-0.3, -0.25) is 14.5 Å². The van der Waals surface area contributed by atoms with E-state index in [0.717, 1.165) is 30.2 Å². The van der Waals surface area contributed by atoms with Crippen molar-refractivity contribution in [1.29, 1.82) is 0 Å². The lowest BCUT2D eigenvalue weighted by molar-refractivity contribution is -0.135. The predicted octanol–water partition coefficient (Wildman–Crippen LogP) is 0.146. The number of piperazine rings is 1. The number of amides is 2. The molecule has 2 amide bonds. The molecule has 1 aromatic heterocycles. The molecule has 1 aromatic rings. The Morgan fingerprint density at radius 1 is 1.42 bits per heavy atom. The summed E-state index contributed by atoms with van der Waals surface area (Å²) in [5.74, 6) is 0.641. The van der Waals surface area contributed by atoms with E-state index >= 15 is 0 Å². The van der Waals surface area contributed by atoms with Gasteiger partial charge in [-0.2, -0.15) is 10.3 Å². The van der Waals surface area contributed by atoms with Crippen LogP contribution in [0.15, 0.2) is 11.2 Å². The summed E-state index contributed by atoms with van der Waals surface area (Å²) in [6.07, 6.45) is 6.61. The van der Waals surface area contributed by atoms with Gasteiger partial charge in [-0.1, -0.05) is 12.8 Å². The lowest BCUT2D eigenvalue weighted by atomic mass is 10.0. The van der Waals surface area contributed by atoms with Crippen molar-refractivity contribution in [2.75, 3.05) is 25.4 Å². The van der Waals surface area contributed by atoms with Crippen molar-refractivity contribution < 1.29 is 9.59 Å². The third-order valence-electron chi connectivity index (χ3n) is 4.61. The number of nitrogens with zero attached hydrogens (tertiary/aromatic N) is 3. The Hall–Kier alpha value is -1.61. The van der Waals surface area contributed by atoms with Gasteiger partial charge in [-0.15, -0.1) is 16.9 Å². The zero-order valence-corrected chi connectivity index (χ0v) is 14.5. The van der Waals surface area contributed by atoms with Gasteiger partial charge < -0.3 is 10.6 Å². The van der Waals surface area contributed by atoms with Gasteiger partial charge in [0.05, 0.1) is 18.7 Å². The molecule has 0 bridgehead atoms. The number of aromatic nitrogens is 3. The Bertz CT molecular complexity index is 546. The summed E-state index contributed by atoms with van der Waals surface area (Å²) in [4.78, 5) is 26.7. The van der Waals surface area contributed by atoms with Crippen LogP contribution in [0.25, 0.3) is 0 Å². The molecule has 0 spiro atoms. The molecule has 9 heteroatoms. The van der Waals surface area contributed by atoms with E-state index in [0.29, 0.717) is 19.1 Å². The second kappa shape index (κ2) is 8.48. The summed E-state index contributed by atoms with van der Waals surface area (Å²) in [5, 5.41) is 16.8. The van der Waals surface area contributed by atoms with E-state index in [9.17, 15) is 9.59 Å². The summed E-state index contributed by atoms with van der Waals surface area (Å²) in [5.41, 5.74) is 0. The maximum absolute atomic E-state index is 12.2. The SMILES string of the molecule is O=C(C[C@H]1C(=O)NCCN1C1CCCC1)NCCSc1cn[nH]n1. The van der Waals surface area contributed by atoms with Gasteiger partial charge in [0.2, 0.25) is 11.8 Å². The fourth-order valence-electron chi connectivity index (χ4n) is 3.47. The first-order chi connectivity index (χ1) is 11.7. The van der Waals surface area contributed by atoms with E-state index < -0.39 is 0 Å². The second-order valence-electron chi connectivity index (χ2n) is 6.19. The third kappa shape index (κ3) is 4.47. The molecular formula is C15H24N6O2S. The maximum atomic E-state index is 12.2. The Balaban J connectivity index is 1.44. The van der Waals surface area contributed by atoms with Crippen molar-refractivity contribution in [1.82, 2.24) is 30.9 Å². The third-order valence-corrected chi connectivity index (χ3v) is 5.51. The van der Waals surface area contributed by atoms with E-state index in [-0.39, 0.29) is 24.3 Å². The molecule has 132 valence electrons. The van der Waals surface area contributed by atoms with Gasteiger partial charge in [-0.05, 0) is 12.8 Å². The minimum Gasteiger partial charge on any atom is -0.355 e. The number of aromatic amines is 1. The molecule has 1 saturated heterocycles. The summed E-state index contributed by atoms with van der Waals surface area (Å²) < 4.78 is 0. The van der Waals surface area contributed by atoms with Gasteiger partial charge in [0.1, 0.15) is 5.03 Å². The van der Waals surface area contributed by atoms with E-state index in [4.69, 9.17) is 0 Å². The quantitative estimate of drug-likeness (QED) is 0.477. The molecular weight excluding hydrogens is 328 g/mol. The number of hydrogen-bond acceptors (Lipinski definition) is 6. The van der Waals surface area contributed by atoms with Crippen LogP contribution >= 0.6 is 11.8 Å². The number of thioether (sulfide) groups is 1. The van der Waals surface area contributed by atoms with E-state index in [1.807, 2.05) is 0 Å². The smallest absolute Gasteiger partial charge is 0.237 e. The van der Waals surface area contributed by atoms with Crippen LogP contribution in [-0.4, -0.2) is 69.6 Å². The number of hydrogen-bond donors (Lipinski definition) is 3. The highest BCUT2D eigenvalue weighted by atomic mass is 32.2. The molecule has 2 aliphatic rings. The molecule has 24 heavy (non-hydrogen) atoms. The van der Waals surface area contributed by atoms with Gasteiger partial charge in [0.15, 0.2) is 0 Å². The van der Waals surface area contributed by atoms with Crippen LogP contribution < -0.4 is 10.6 Å². The second-order valence-corrected chi connectivity index (χ2v) is 7.31. The summed E-state index contributed by atoms with van der Waals surface area (Å²) in [6.45, 7) is 2.08. The van der Waals surface area contributed by atoms with Gasteiger partial charge in [-0.25, -0.2) is 0 Å². The fraction of sp³-hybridized carbons (Fsp3) is 0.733. The highest BCUT2D eigenvalue weighted by Crippen LogP contribution is 2.26. The molecule has 1 aliphatic heterocycles. The molecule has 0 radical (unpaired) electrons. The van der Waals surface area contributed by atoms with Gasteiger partial charge in [0.25, 0.3) is 0 Å². The maximum Gasteiger partial charge on any atom is 0.237 e. The van der Waals surface area contributed by atoms with Crippen LogP contribution in [0.5, 0.6) is 0 Å². The number of rotatable bonds is 7. The standard InChI is InChI=1S/C15H24N6O2S/c22-13(16-6-8-24-14-10-18-20-19-14)9-12-15(23)17-5-7-21(12)11-3-1-2-4-11/h10-12H,1-9H2,(H,16,22)(H,17,23)(H,18,19,20)/t12-/m0/s1. The van der Waals surface area contributed by atoms with Crippen LogP contribution in [0.2, 0.25) is 0 Å². The van der Waals surface area contributed by atoms with Gasteiger partial charge in [0, 0.05) is 31.4 Å². The van der Waals surface area contributed by atoms with Crippen LogP contribution in [0.3, 0.4) is 0 Å². The lowest BCUT2D eigenvalue weighted by Crippen LogP contribution is -2.59. The molecule has 3 N–H and O–H groups in total. The number of carbonyl (C=O) groups excluding carboxylic acids is 2. The molecule has 2 fully saturated rings. The zero-order valence-electron chi connectivity index (χ0n) is 13.7. The first-order valence-corrected chi connectivity index (χ1v) is 9.51. The summed E-state index contributed by atoms with van der Waals surface area (Å²) >= 11 is 1.53. The van der Waals surface area contributed by atoms with Crippen molar-refractivity contribution in [3.63, 3.8) is 0 Å². The largest absolute Gasteiger partial charge is 0.355 e. The number of H-pyrrole nitrogens is 1. The van der Waals surface area contributed by atoms with Crippen LogP contribution in [0, 0.1) is 0 Å². The normalized spacial score (nSPS) is 22.5. The molecule has 1 atom stereocenters. The average Bonchev–Trinajstić information content (AvgIpc) is 3.27. The predicted molar refractivity (Wildman–Crippen MR) is 90.5 cm³/mol. The molecule has 3 rings (SSSR count). The molecule has 0 unspecified atom stereocenters. The van der Waals surface area contributed by atoms with Crippen molar-refractivity contribution in [2.24, 2.45) is 0 Å².